The van der Waals surface area contributed by atoms with Gasteiger partial charge in [-0.1, -0.05) is 233 Å². The molecule has 0 aromatic rings. The zero-order valence-electron chi connectivity index (χ0n) is 46.9. The summed E-state index contributed by atoms with van der Waals surface area (Å²) >= 11 is 0. The smallest absolute Gasteiger partial charge is 0.243 e. The average molecular weight is 994 g/mol. The number of aliphatic hydroxyl groups is 4. The van der Waals surface area contributed by atoms with E-state index < -0.39 is 36.5 Å². The fraction of sp³-hybridized carbons (Fsp3) is 0.967. The second-order valence-electron chi connectivity index (χ2n) is 22.3. The van der Waals surface area contributed by atoms with Gasteiger partial charge in [0.25, 0.3) is 0 Å². The standard InChI is InChI=1S/C60H120N4O6/c1-5-9-13-17-21-25-29-33-41-53(65)49-63(50-54(66)42-34-30-26-22-18-14-10-6-2)47-39-37-45-57-59(69)62-58(60(70)61-57)46-38-40-48-64(51-55(67)43-35-31-27-23-19-15-11-7-3)52-56(68)44-36-32-28-24-20-16-12-8-4/h53-58,65-68H,5-52H2,1-4H3,(H,61,70)(H,62,69)/t53-,54-,55-,56-,57-,58-/m1/s1. The van der Waals surface area contributed by atoms with E-state index in [2.05, 4.69) is 48.1 Å². The third-order valence-corrected chi connectivity index (χ3v) is 15.1. The number of nitrogens with one attached hydrogen (secondary N) is 2. The van der Waals surface area contributed by atoms with E-state index in [-0.39, 0.29) is 11.8 Å². The van der Waals surface area contributed by atoms with Crippen LogP contribution in [-0.4, -0.2) is 118 Å². The molecule has 10 nitrogen and oxygen atoms in total. The summed E-state index contributed by atoms with van der Waals surface area (Å²) in [6, 6.07) is -1.09. The number of aliphatic hydroxyl groups excluding tert-OH is 4. The maximum absolute atomic E-state index is 13.3. The summed E-state index contributed by atoms with van der Waals surface area (Å²) in [5.41, 5.74) is 0. The third kappa shape index (κ3) is 40.1. The Labute approximate surface area is 433 Å². The Morgan fingerprint density at radius 2 is 0.543 bits per heavy atom. The summed E-state index contributed by atoms with van der Waals surface area (Å²) in [5.74, 6) is -0.226. The molecule has 0 aliphatic carbocycles. The zero-order chi connectivity index (χ0) is 51.1. The molecule has 0 spiro atoms. The number of unbranched alkanes of at least 4 members (excludes halogenated alkanes) is 30. The zero-order valence-corrected chi connectivity index (χ0v) is 46.9. The molecule has 0 unspecified atom stereocenters. The van der Waals surface area contributed by atoms with Gasteiger partial charge in [0.15, 0.2) is 0 Å². The highest BCUT2D eigenvalue weighted by atomic mass is 16.3. The minimum absolute atomic E-state index is 0.113. The Bertz CT molecular complexity index is 1010. The molecule has 0 aromatic heterocycles. The van der Waals surface area contributed by atoms with Crippen LogP contribution < -0.4 is 10.6 Å². The number of carbonyl (C=O) groups is 2. The highest BCUT2D eigenvalue weighted by Gasteiger charge is 2.33. The highest BCUT2D eigenvalue weighted by molar-refractivity contribution is 5.96. The molecule has 2 amide bonds. The van der Waals surface area contributed by atoms with Gasteiger partial charge in [-0.25, -0.2) is 0 Å². The van der Waals surface area contributed by atoms with Gasteiger partial charge in [-0.05, 0) is 77.3 Å². The average Bonchev–Trinajstić information content (AvgIpc) is 3.33. The van der Waals surface area contributed by atoms with Gasteiger partial charge in [0, 0.05) is 26.2 Å². The normalized spacial score (nSPS) is 17.1. The van der Waals surface area contributed by atoms with Crippen LogP contribution in [0.3, 0.4) is 0 Å². The number of hydrogen-bond donors (Lipinski definition) is 6. The first-order valence-electron chi connectivity index (χ1n) is 30.9. The van der Waals surface area contributed by atoms with Crippen molar-refractivity contribution in [2.24, 2.45) is 0 Å². The second-order valence-corrected chi connectivity index (χ2v) is 22.3. The summed E-state index contributed by atoms with van der Waals surface area (Å²) in [5, 5.41) is 50.3. The molecule has 0 bridgehead atoms. The molecule has 6 N–H and O–H groups in total. The molecule has 1 aliphatic heterocycles. The van der Waals surface area contributed by atoms with Gasteiger partial charge >= 0.3 is 0 Å². The lowest BCUT2D eigenvalue weighted by atomic mass is 10.0. The molecule has 1 aliphatic rings. The molecule has 0 radical (unpaired) electrons. The molecule has 1 saturated heterocycles. The first-order chi connectivity index (χ1) is 34.1. The van der Waals surface area contributed by atoms with Crippen LogP contribution in [0.2, 0.25) is 0 Å². The summed E-state index contributed by atoms with van der Waals surface area (Å²) in [6.45, 7) is 12.7. The van der Waals surface area contributed by atoms with Crippen LogP contribution in [0.4, 0.5) is 0 Å². The molecule has 70 heavy (non-hydrogen) atoms. The molecule has 1 fully saturated rings. The SMILES string of the molecule is CCCCCCCCCC[C@@H](O)CN(CCCC[C@H]1NC(=O)[C@@H](CCCCN(C[C@H](O)CCCCCCCCCC)C[C@H](O)CCCCCCCCCC)NC1=O)C[C@H](O)CCCCCCCCCC. The maximum atomic E-state index is 13.3. The van der Waals surface area contributed by atoms with Crippen molar-refractivity contribution in [2.75, 3.05) is 39.3 Å². The van der Waals surface area contributed by atoms with Gasteiger partial charge in [0.05, 0.1) is 24.4 Å². The van der Waals surface area contributed by atoms with Gasteiger partial charge in [-0.3, -0.25) is 19.4 Å². The van der Waals surface area contributed by atoms with E-state index >= 15 is 0 Å². The van der Waals surface area contributed by atoms with Gasteiger partial charge in [0.2, 0.25) is 11.8 Å². The van der Waals surface area contributed by atoms with E-state index in [9.17, 15) is 30.0 Å². The predicted octanol–water partition coefficient (Wildman–Crippen LogP) is 13.5. The van der Waals surface area contributed by atoms with Crippen molar-refractivity contribution >= 4 is 11.8 Å². The molecule has 0 saturated carbocycles. The van der Waals surface area contributed by atoms with E-state index in [0.29, 0.717) is 39.0 Å². The lowest BCUT2D eigenvalue weighted by Gasteiger charge is -2.31. The minimum atomic E-state index is -0.544. The molecule has 6 atom stereocenters. The van der Waals surface area contributed by atoms with E-state index in [4.69, 9.17) is 0 Å². The fourth-order valence-corrected chi connectivity index (χ4v) is 10.6. The lowest BCUT2D eigenvalue weighted by Crippen LogP contribution is -2.61. The van der Waals surface area contributed by atoms with E-state index in [1.807, 2.05) is 0 Å². The number of nitrogens with zero attached hydrogens (tertiary/aromatic N) is 2. The number of amides is 2. The molecular weight excluding hydrogens is 873 g/mol. The molecule has 10 heteroatoms. The fourth-order valence-electron chi connectivity index (χ4n) is 10.6. The number of rotatable bonds is 54. The van der Waals surface area contributed by atoms with Gasteiger partial charge in [-0.2, -0.15) is 0 Å². The quantitative estimate of drug-likeness (QED) is 0.0331. The van der Waals surface area contributed by atoms with Crippen LogP contribution in [-0.2, 0) is 9.59 Å². The van der Waals surface area contributed by atoms with Crippen LogP contribution in [0.1, 0.15) is 297 Å². The van der Waals surface area contributed by atoms with Crippen molar-refractivity contribution in [3.63, 3.8) is 0 Å². The largest absolute Gasteiger partial charge is 0.392 e. The minimum Gasteiger partial charge on any atom is -0.392 e. The van der Waals surface area contributed by atoms with Crippen molar-refractivity contribution in [2.45, 2.75) is 334 Å². The Hall–Kier alpha value is -1.30. The number of carbonyl (C=O) groups excluding carboxylic acids is 2. The van der Waals surface area contributed by atoms with Crippen molar-refractivity contribution in [3.8, 4) is 0 Å². The molecular formula is C60H120N4O6. The van der Waals surface area contributed by atoms with Gasteiger partial charge < -0.3 is 31.1 Å². The van der Waals surface area contributed by atoms with E-state index in [0.717, 1.165) is 116 Å². The van der Waals surface area contributed by atoms with Gasteiger partial charge in [-0.15, -0.1) is 0 Å². The van der Waals surface area contributed by atoms with Crippen LogP contribution in [0.5, 0.6) is 0 Å². The summed E-state index contributed by atoms with van der Waals surface area (Å²) in [4.78, 5) is 31.0. The Morgan fingerprint density at radius 1 is 0.329 bits per heavy atom. The number of piperazine rings is 1. The van der Waals surface area contributed by atoms with Crippen molar-refractivity contribution in [1.82, 2.24) is 20.4 Å². The van der Waals surface area contributed by atoms with Gasteiger partial charge in [0.1, 0.15) is 12.1 Å². The molecule has 1 heterocycles. The van der Waals surface area contributed by atoms with Crippen molar-refractivity contribution in [3.05, 3.63) is 0 Å². The Kier molecular flexibility index (Phi) is 46.3. The van der Waals surface area contributed by atoms with Crippen LogP contribution >= 0.6 is 0 Å². The molecule has 416 valence electrons. The van der Waals surface area contributed by atoms with Crippen LogP contribution in [0.15, 0.2) is 0 Å². The summed E-state index contributed by atoms with van der Waals surface area (Å²) in [6.07, 6.45) is 45.6. The summed E-state index contributed by atoms with van der Waals surface area (Å²) < 4.78 is 0. The molecule has 0 aromatic carbocycles. The monoisotopic (exact) mass is 993 g/mol. The predicted molar refractivity (Wildman–Crippen MR) is 297 cm³/mol. The Morgan fingerprint density at radius 3 is 0.771 bits per heavy atom. The third-order valence-electron chi connectivity index (χ3n) is 15.1. The van der Waals surface area contributed by atoms with Crippen molar-refractivity contribution in [1.29, 1.82) is 0 Å². The summed E-state index contributed by atoms with van der Waals surface area (Å²) in [7, 11) is 0. The first kappa shape index (κ1) is 66.7. The highest BCUT2D eigenvalue weighted by Crippen LogP contribution is 2.18. The lowest BCUT2D eigenvalue weighted by molar-refractivity contribution is -0.137. The number of hydrogen-bond acceptors (Lipinski definition) is 8. The van der Waals surface area contributed by atoms with Crippen LogP contribution in [0.25, 0.3) is 0 Å². The second kappa shape index (κ2) is 48.6. The van der Waals surface area contributed by atoms with Crippen LogP contribution in [0, 0.1) is 0 Å². The van der Waals surface area contributed by atoms with E-state index in [1.165, 1.54) is 154 Å². The maximum Gasteiger partial charge on any atom is 0.243 e. The topological polar surface area (TPSA) is 146 Å². The Balaban J connectivity index is 2.60. The van der Waals surface area contributed by atoms with E-state index in [1.54, 1.807) is 0 Å². The first-order valence-corrected chi connectivity index (χ1v) is 30.9. The van der Waals surface area contributed by atoms with Crippen molar-refractivity contribution < 1.29 is 30.0 Å². The molecule has 1 rings (SSSR count).